The van der Waals surface area contributed by atoms with Gasteiger partial charge >= 0.3 is 5.97 Å². The Morgan fingerprint density at radius 3 is 2.57 bits per heavy atom. The second-order valence-electron chi connectivity index (χ2n) is 4.94. The first kappa shape index (κ1) is 14.7. The number of hydrogen-bond acceptors (Lipinski definition) is 1. The van der Waals surface area contributed by atoms with Crippen LogP contribution >= 0.6 is 0 Å². The first-order valence-electron chi connectivity index (χ1n) is 6.64. The first-order chi connectivity index (χ1) is 11.0. The molecule has 0 aliphatic heterocycles. The highest BCUT2D eigenvalue weighted by atomic mass is 19.1. The van der Waals surface area contributed by atoms with Crippen LogP contribution in [0.4, 0.5) is 14.5 Å². The lowest BCUT2D eigenvalue weighted by Crippen LogP contribution is -1.96. The van der Waals surface area contributed by atoms with Gasteiger partial charge in [0.1, 0.15) is 11.6 Å². The van der Waals surface area contributed by atoms with Gasteiger partial charge in [-0.25, -0.2) is 18.4 Å². The van der Waals surface area contributed by atoms with Crippen LogP contribution in [-0.4, -0.2) is 11.1 Å². The molecule has 0 aliphatic rings. The summed E-state index contributed by atoms with van der Waals surface area (Å²) in [6.45, 7) is 7.14. The van der Waals surface area contributed by atoms with Crippen LogP contribution in [0.25, 0.3) is 26.7 Å². The number of nitrogens with zero attached hydrogens (tertiary/aromatic N) is 1. The highest BCUT2D eigenvalue weighted by molar-refractivity contribution is 6.03. The quantitative estimate of drug-likeness (QED) is 0.674. The standard InChI is InChI=1S/C18H9F2NO2/c1-21-16-9-12(19)8-15(20)17(16)13-4-2-3-10-5-6-11(18(22)23)7-14(10)13/h2-9H,(H,22,23). The SMILES string of the molecule is [C-]#[N+]c1cc(F)cc(F)c1-c1cccc2ccc(C(=O)O)cc12. The average molecular weight is 309 g/mol. The Hall–Kier alpha value is -3.26. The Labute approximate surface area is 130 Å². The van der Waals surface area contributed by atoms with Gasteiger partial charge in [-0.05, 0) is 34.5 Å². The van der Waals surface area contributed by atoms with Crippen LogP contribution in [0.3, 0.4) is 0 Å². The van der Waals surface area contributed by atoms with E-state index in [4.69, 9.17) is 11.7 Å². The Morgan fingerprint density at radius 1 is 1.09 bits per heavy atom. The van der Waals surface area contributed by atoms with E-state index in [1.54, 1.807) is 24.3 Å². The summed E-state index contributed by atoms with van der Waals surface area (Å²) in [5, 5.41) is 10.3. The summed E-state index contributed by atoms with van der Waals surface area (Å²) in [5.74, 6) is -2.79. The van der Waals surface area contributed by atoms with E-state index in [2.05, 4.69) is 4.85 Å². The van der Waals surface area contributed by atoms with Gasteiger partial charge in [0.15, 0.2) is 0 Å². The fourth-order valence-corrected chi connectivity index (χ4v) is 2.54. The predicted octanol–water partition coefficient (Wildman–Crippen LogP) is 5.03. The first-order valence-corrected chi connectivity index (χ1v) is 6.64. The van der Waals surface area contributed by atoms with Gasteiger partial charge in [-0.15, -0.1) is 0 Å². The number of hydrogen-bond donors (Lipinski definition) is 1. The van der Waals surface area contributed by atoms with Crippen LogP contribution < -0.4 is 0 Å². The number of carbonyl (C=O) groups is 1. The molecule has 3 aromatic carbocycles. The molecule has 3 nitrogen and oxygen atoms in total. The highest BCUT2D eigenvalue weighted by Crippen LogP contribution is 2.38. The van der Waals surface area contributed by atoms with E-state index in [0.717, 1.165) is 6.07 Å². The van der Waals surface area contributed by atoms with E-state index in [1.165, 1.54) is 12.1 Å². The van der Waals surface area contributed by atoms with Crippen LogP contribution in [-0.2, 0) is 0 Å². The van der Waals surface area contributed by atoms with Gasteiger partial charge in [0, 0.05) is 11.6 Å². The van der Waals surface area contributed by atoms with Crippen LogP contribution in [0.1, 0.15) is 10.4 Å². The van der Waals surface area contributed by atoms with Crippen molar-refractivity contribution in [1.29, 1.82) is 0 Å². The maximum absolute atomic E-state index is 14.3. The van der Waals surface area contributed by atoms with Crippen molar-refractivity contribution in [2.24, 2.45) is 0 Å². The molecule has 0 aliphatic carbocycles. The monoisotopic (exact) mass is 309 g/mol. The largest absolute Gasteiger partial charge is 0.478 e. The minimum absolute atomic E-state index is 0.0328. The van der Waals surface area contributed by atoms with Crippen LogP contribution in [0.2, 0.25) is 0 Å². The normalized spacial score (nSPS) is 10.5. The second kappa shape index (κ2) is 5.50. The summed E-state index contributed by atoms with van der Waals surface area (Å²) in [5.41, 5.74) is 0.219. The van der Waals surface area contributed by atoms with Crippen molar-refractivity contribution < 1.29 is 18.7 Å². The van der Waals surface area contributed by atoms with Crippen molar-refractivity contribution in [2.75, 3.05) is 0 Å². The van der Waals surface area contributed by atoms with Crippen molar-refractivity contribution in [2.45, 2.75) is 0 Å². The molecule has 3 aromatic rings. The van der Waals surface area contributed by atoms with Crippen molar-refractivity contribution >= 4 is 22.4 Å². The summed E-state index contributed by atoms with van der Waals surface area (Å²) in [6, 6.07) is 11.2. The van der Waals surface area contributed by atoms with Crippen molar-refractivity contribution in [1.82, 2.24) is 0 Å². The van der Waals surface area contributed by atoms with Gasteiger partial charge in [-0.1, -0.05) is 24.3 Å². The fraction of sp³-hybridized carbons (Fsp3) is 0. The zero-order chi connectivity index (χ0) is 16.6. The number of rotatable bonds is 2. The summed E-state index contributed by atoms with van der Waals surface area (Å²) in [6.07, 6.45) is 0. The summed E-state index contributed by atoms with van der Waals surface area (Å²) >= 11 is 0. The zero-order valence-corrected chi connectivity index (χ0v) is 11.7. The van der Waals surface area contributed by atoms with Crippen LogP contribution in [0, 0.1) is 18.2 Å². The number of aromatic carboxylic acids is 1. The minimum Gasteiger partial charge on any atom is -0.478 e. The maximum Gasteiger partial charge on any atom is 0.335 e. The molecule has 0 unspecified atom stereocenters. The lowest BCUT2D eigenvalue weighted by Gasteiger charge is -2.11. The molecule has 1 N–H and O–H groups in total. The maximum atomic E-state index is 14.3. The minimum atomic E-state index is -1.10. The van der Waals surface area contributed by atoms with E-state index in [0.29, 0.717) is 22.4 Å². The Balaban J connectivity index is 2.40. The van der Waals surface area contributed by atoms with Gasteiger partial charge in [-0.2, -0.15) is 0 Å². The predicted molar refractivity (Wildman–Crippen MR) is 82.5 cm³/mol. The van der Waals surface area contributed by atoms with E-state index in [1.807, 2.05) is 0 Å². The number of carboxylic acid groups (broad SMARTS) is 1. The molecular formula is C18H9F2NO2. The van der Waals surface area contributed by atoms with Crippen molar-refractivity contribution in [3.8, 4) is 11.1 Å². The lowest BCUT2D eigenvalue weighted by atomic mass is 9.95. The smallest absolute Gasteiger partial charge is 0.335 e. The molecule has 0 atom stereocenters. The molecule has 0 bridgehead atoms. The van der Waals surface area contributed by atoms with Gasteiger partial charge in [0.2, 0.25) is 5.69 Å². The molecule has 5 heteroatoms. The van der Waals surface area contributed by atoms with E-state index in [-0.39, 0.29) is 16.8 Å². The molecule has 0 heterocycles. The number of halogens is 2. The Morgan fingerprint density at radius 2 is 1.87 bits per heavy atom. The van der Waals surface area contributed by atoms with Gasteiger partial charge in [0.25, 0.3) is 0 Å². The topological polar surface area (TPSA) is 41.7 Å². The van der Waals surface area contributed by atoms with E-state index < -0.39 is 17.6 Å². The van der Waals surface area contributed by atoms with Crippen molar-refractivity contribution in [3.63, 3.8) is 0 Å². The lowest BCUT2D eigenvalue weighted by molar-refractivity contribution is 0.0697. The van der Waals surface area contributed by atoms with Crippen molar-refractivity contribution in [3.05, 3.63) is 77.1 Å². The van der Waals surface area contributed by atoms with E-state index in [9.17, 15) is 13.6 Å². The third-order valence-electron chi connectivity index (χ3n) is 3.55. The number of benzene rings is 3. The molecule has 0 spiro atoms. The molecule has 0 radical (unpaired) electrons. The van der Waals surface area contributed by atoms with Crippen LogP contribution in [0.15, 0.2) is 48.5 Å². The molecule has 0 saturated heterocycles. The molecule has 0 saturated carbocycles. The average Bonchev–Trinajstić information content (AvgIpc) is 2.53. The molecule has 0 aromatic heterocycles. The Bertz CT molecular complexity index is 990. The fourth-order valence-electron chi connectivity index (χ4n) is 2.54. The van der Waals surface area contributed by atoms with Gasteiger partial charge < -0.3 is 5.11 Å². The van der Waals surface area contributed by atoms with Gasteiger partial charge in [0.05, 0.1) is 12.1 Å². The summed E-state index contributed by atoms with van der Waals surface area (Å²) in [7, 11) is 0. The molecule has 112 valence electrons. The second-order valence-corrected chi connectivity index (χ2v) is 4.94. The molecular weight excluding hydrogens is 300 g/mol. The molecule has 0 amide bonds. The number of fused-ring (bicyclic) bond motifs is 1. The third-order valence-corrected chi connectivity index (χ3v) is 3.55. The molecule has 0 fully saturated rings. The third kappa shape index (κ3) is 2.51. The molecule has 3 rings (SSSR count). The Kier molecular flexibility index (Phi) is 3.51. The molecule has 23 heavy (non-hydrogen) atoms. The number of carboxylic acids is 1. The van der Waals surface area contributed by atoms with Gasteiger partial charge in [-0.3, -0.25) is 0 Å². The zero-order valence-electron chi connectivity index (χ0n) is 11.7. The van der Waals surface area contributed by atoms with E-state index >= 15 is 0 Å². The highest BCUT2D eigenvalue weighted by Gasteiger charge is 2.16. The summed E-state index contributed by atoms with van der Waals surface area (Å²) in [4.78, 5) is 14.3. The van der Waals surface area contributed by atoms with Crippen LogP contribution in [0.5, 0.6) is 0 Å². The summed E-state index contributed by atoms with van der Waals surface area (Å²) < 4.78 is 27.6.